The van der Waals surface area contributed by atoms with Crippen molar-refractivity contribution in [2.24, 2.45) is 4.99 Å². The van der Waals surface area contributed by atoms with Crippen molar-refractivity contribution >= 4 is 27.6 Å². The third-order valence-corrected chi connectivity index (χ3v) is 11.5. The summed E-state index contributed by atoms with van der Waals surface area (Å²) in [5, 5.41) is 3.13. The molecule has 256 valence electrons. The van der Waals surface area contributed by atoms with E-state index in [2.05, 4.69) is 22.3 Å². The molecule has 6 rings (SSSR count). The van der Waals surface area contributed by atoms with Gasteiger partial charge in [0.2, 0.25) is 10.0 Å². The fourth-order valence-electron chi connectivity index (χ4n) is 7.20. The molecule has 9 nitrogen and oxygen atoms in total. The van der Waals surface area contributed by atoms with E-state index >= 15 is 4.39 Å². The van der Waals surface area contributed by atoms with Gasteiger partial charge in [0.15, 0.2) is 0 Å². The van der Waals surface area contributed by atoms with Crippen LogP contribution >= 0.6 is 0 Å². The lowest BCUT2D eigenvalue weighted by Gasteiger charge is -2.44. The minimum absolute atomic E-state index is 0.0899. The van der Waals surface area contributed by atoms with Gasteiger partial charge in [-0.1, -0.05) is 43.5 Å². The highest BCUT2D eigenvalue weighted by atomic mass is 32.2. The standard InChI is InChI=1S/C37H46FN5O4S/c1-26(2)47-31-12-8-9-27(23-31)25-42-21-19-37(20-22-42)35(39-30-10-6-5-7-11-30)40-36(44)43(37)34-24-29(38)15-18-33(34)28-13-16-32(17-14-28)48(45,46)41(3)4/h8-9,12-18,23-24,26,30H,5-7,10-11,19-22,25H2,1-4H3,(H,39,40,44). The Hall–Kier alpha value is -3.80. The third-order valence-electron chi connectivity index (χ3n) is 9.69. The number of rotatable bonds is 9. The summed E-state index contributed by atoms with van der Waals surface area (Å²) >= 11 is 0. The summed E-state index contributed by atoms with van der Waals surface area (Å²) in [7, 11) is -0.647. The van der Waals surface area contributed by atoms with Crippen molar-refractivity contribution in [2.45, 2.75) is 87.9 Å². The zero-order chi connectivity index (χ0) is 34.1. The van der Waals surface area contributed by atoms with E-state index in [4.69, 9.17) is 9.73 Å². The third kappa shape index (κ3) is 6.99. The van der Waals surface area contributed by atoms with Gasteiger partial charge in [0.25, 0.3) is 0 Å². The molecule has 48 heavy (non-hydrogen) atoms. The van der Waals surface area contributed by atoms with Crippen LogP contribution in [-0.4, -0.2) is 74.4 Å². The predicted molar refractivity (Wildman–Crippen MR) is 187 cm³/mol. The molecule has 2 amide bonds. The number of aliphatic imine (C=N–C) groups is 1. The van der Waals surface area contributed by atoms with Crippen molar-refractivity contribution in [3.8, 4) is 16.9 Å². The molecule has 0 atom stereocenters. The second-order valence-corrected chi connectivity index (χ2v) is 15.8. The van der Waals surface area contributed by atoms with E-state index in [1.807, 2.05) is 26.0 Å². The van der Waals surface area contributed by atoms with Gasteiger partial charge in [0.05, 0.1) is 22.7 Å². The molecule has 11 heteroatoms. The summed E-state index contributed by atoms with van der Waals surface area (Å²) < 4.78 is 47.7. The number of amidine groups is 1. The molecule has 2 aliphatic heterocycles. The number of halogens is 1. The van der Waals surface area contributed by atoms with E-state index in [-0.39, 0.29) is 23.1 Å². The molecule has 0 aromatic heterocycles. The second kappa shape index (κ2) is 14.0. The van der Waals surface area contributed by atoms with E-state index < -0.39 is 21.4 Å². The van der Waals surface area contributed by atoms with Gasteiger partial charge in [0.1, 0.15) is 22.9 Å². The molecule has 2 saturated heterocycles. The number of benzene rings is 3. The highest BCUT2D eigenvalue weighted by Crippen LogP contribution is 2.43. The van der Waals surface area contributed by atoms with E-state index in [1.54, 1.807) is 35.2 Å². The summed E-state index contributed by atoms with van der Waals surface area (Å²) in [6.07, 6.45) is 6.75. The van der Waals surface area contributed by atoms with Gasteiger partial charge in [0, 0.05) is 39.3 Å². The minimum atomic E-state index is -3.63. The lowest BCUT2D eigenvalue weighted by molar-refractivity contribution is 0.183. The lowest BCUT2D eigenvalue weighted by atomic mass is 9.84. The highest BCUT2D eigenvalue weighted by Gasteiger charge is 2.53. The Labute approximate surface area is 283 Å². The SMILES string of the molecule is CC(C)Oc1cccc(CN2CCC3(CC2)C(=NC2CCCCC2)NC(=O)N3c2cc(F)ccc2-c2ccc(S(=O)(=O)N(C)C)cc2)c1. The molecular formula is C37H46FN5O4S. The normalized spacial score (nSPS) is 19.9. The number of amides is 2. The maximum Gasteiger partial charge on any atom is 0.328 e. The Kier molecular flexibility index (Phi) is 9.92. The summed E-state index contributed by atoms with van der Waals surface area (Å²) in [6.45, 7) is 6.20. The Balaban J connectivity index is 1.35. The largest absolute Gasteiger partial charge is 0.491 e. The Morgan fingerprint density at radius 1 is 1.00 bits per heavy atom. The fourth-order valence-corrected chi connectivity index (χ4v) is 8.10. The highest BCUT2D eigenvalue weighted by molar-refractivity contribution is 7.89. The van der Waals surface area contributed by atoms with Crippen LogP contribution in [0.4, 0.5) is 14.9 Å². The van der Waals surface area contributed by atoms with Gasteiger partial charge < -0.3 is 4.74 Å². The molecule has 0 radical (unpaired) electrons. The number of nitrogens with one attached hydrogen (secondary N) is 1. The molecule has 2 heterocycles. The zero-order valence-electron chi connectivity index (χ0n) is 28.3. The molecule has 1 spiro atoms. The summed E-state index contributed by atoms with van der Waals surface area (Å²) in [4.78, 5) is 23.5. The van der Waals surface area contributed by atoms with Crippen molar-refractivity contribution in [3.05, 3.63) is 78.1 Å². The smallest absolute Gasteiger partial charge is 0.328 e. The number of nitrogens with zero attached hydrogens (tertiary/aromatic N) is 4. The van der Waals surface area contributed by atoms with Gasteiger partial charge >= 0.3 is 6.03 Å². The van der Waals surface area contributed by atoms with Crippen LogP contribution in [0.3, 0.4) is 0 Å². The first-order valence-electron chi connectivity index (χ1n) is 17.0. The van der Waals surface area contributed by atoms with Crippen LogP contribution in [0.15, 0.2) is 76.6 Å². The van der Waals surface area contributed by atoms with Crippen LogP contribution in [0.2, 0.25) is 0 Å². The molecule has 3 aliphatic rings. The molecule has 3 aromatic rings. The molecule has 3 aromatic carbocycles. The predicted octanol–water partition coefficient (Wildman–Crippen LogP) is 6.83. The van der Waals surface area contributed by atoms with Gasteiger partial charge in [-0.25, -0.2) is 21.9 Å². The Morgan fingerprint density at radius 2 is 1.71 bits per heavy atom. The summed E-state index contributed by atoms with van der Waals surface area (Å²) in [5.41, 5.74) is 2.15. The van der Waals surface area contributed by atoms with Crippen LogP contribution in [0, 0.1) is 5.82 Å². The van der Waals surface area contributed by atoms with E-state index in [0.29, 0.717) is 48.6 Å². The molecule has 0 bridgehead atoms. The number of carbonyl (C=O) groups is 1. The monoisotopic (exact) mass is 675 g/mol. The number of anilines is 1. The van der Waals surface area contributed by atoms with E-state index in [0.717, 1.165) is 43.5 Å². The Morgan fingerprint density at radius 3 is 2.38 bits per heavy atom. The number of hydrogen-bond acceptors (Lipinski definition) is 6. The maximum absolute atomic E-state index is 15.1. The first-order valence-corrected chi connectivity index (χ1v) is 18.4. The first kappa shape index (κ1) is 34.1. The number of carbonyl (C=O) groups excluding carboxylic acids is 1. The summed E-state index contributed by atoms with van der Waals surface area (Å²) in [6, 6.07) is 19.0. The molecule has 1 saturated carbocycles. The molecule has 1 aliphatic carbocycles. The molecular weight excluding hydrogens is 630 g/mol. The fraction of sp³-hybridized carbons (Fsp3) is 0.459. The number of hydrogen-bond donors (Lipinski definition) is 1. The second-order valence-electron chi connectivity index (χ2n) is 13.6. The maximum atomic E-state index is 15.1. The Bertz CT molecular complexity index is 1760. The lowest BCUT2D eigenvalue weighted by Crippen LogP contribution is -2.57. The number of piperidine rings is 1. The quantitative estimate of drug-likeness (QED) is 0.269. The van der Waals surface area contributed by atoms with Crippen LogP contribution in [0.5, 0.6) is 5.75 Å². The van der Waals surface area contributed by atoms with E-state index in [1.165, 1.54) is 37.0 Å². The van der Waals surface area contributed by atoms with Gasteiger partial charge in [-0.3, -0.25) is 20.1 Å². The van der Waals surface area contributed by atoms with Crippen molar-refractivity contribution in [1.29, 1.82) is 0 Å². The van der Waals surface area contributed by atoms with Crippen LogP contribution < -0.4 is 15.0 Å². The first-order chi connectivity index (χ1) is 23.0. The molecule has 1 N–H and O–H groups in total. The summed E-state index contributed by atoms with van der Waals surface area (Å²) in [5.74, 6) is 1.07. The topological polar surface area (TPSA) is 94.5 Å². The van der Waals surface area contributed by atoms with E-state index in [9.17, 15) is 13.2 Å². The van der Waals surface area contributed by atoms with Crippen LogP contribution in [0.25, 0.3) is 11.1 Å². The van der Waals surface area contributed by atoms with Crippen molar-refractivity contribution in [1.82, 2.24) is 14.5 Å². The van der Waals surface area contributed by atoms with Crippen molar-refractivity contribution < 1.29 is 22.3 Å². The zero-order valence-corrected chi connectivity index (χ0v) is 29.1. The number of ether oxygens (including phenoxy) is 1. The van der Waals surface area contributed by atoms with Crippen LogP contribution in [0.1, 0.15) is 64.4 Å². The molecule has 0 unspecified atom stereocenters. The van der Waals surface area contributed by atoms with Gasteiger partial charge in [-0.15, -0.1) is 0 Å². The minimum Gasteiger partial charge on any atom is -0.491 e. The van der Waals surface area contributed by atoms with Gasteiger partial charge in [-0.2, -0.15) is 0 Å². The number of urea groups is 1. The average molecular weight is 676 g/mol. The van der Waals surface area contributed by atoms with Crippen molar-refractivity contribution in [3.63, 3.8) is 0 Å². The van der Waals surface area contributed by atoms with Gasteiger partial charge in [-0.05, 0) is 93.1 Å². The van der Waals surface area contributed by atoms with Crippen LogP contribution in [-0.2, 0) is 16.6 Å². The number of sulfonamides is 1. The number of likely N-dealkylation sites (tertiary alicyclic amines) is 1. The molecule has 3 fully saturated rings. The van der Waals surface area contributed by atoms with Crippen molar-refractivity contribution in [2.75, 3.05) is 32.1 Å². The average Bonchev–Trinajstić information content (AvgIpc) is 3.31.